The molecule has 1 aliphatic rings. The molecule has 0 atom stereocenters. The SMILES string of the molecule is CC(=O)Nc1nccc(COc2nsnc2N2CCN(C(=O)Nc3cc(C(F)(F)F)cc(C(F)(F)F)c3)CC2)n1. The van der Waals surface area contributed by atoms with Gasteiger partial charge in [0.1, 0.15) is 6.61 Å². The molecule has 1 aromatic carbocycles. The summed E-state index contributed by atoms with van der Waals surface area (Å²) < 4.78 is 92.8. The Morgan fingerprint density at radius 1 is 0.975 bits per heavy atom. The van der Waals surface area contributed by atoms with Gasteiger partial charge in [0, 0.05) is 45.0 Å². The number of carbonyl (C=O) groups excluding carboxylic acids is 2. The molecule has 11 nitrogen and oxygen atoms in total. The third-order valence-corrected chi connectivity index (χ3v) is 6.01. The van der Waals surface area contributed by atoms with E-state index in [9.17, 15) is 35.9 Å². The molecule has 1 fully saturated rings. The number of halogens is 6. The molecular formula is C22H20F6N8O3S. The van der Waals surface area contributed by atoms with Crippen LogP contribution in [0.2, 0.25) is 0 Å². The smallest absolute Gasteiger partial charge is 0.416 e. The van der Waals surface area contributed by atoms with E-state index in [2.05, 4.69) is 29.3 Å². The minimum absolute atomic E-state index is 0.00715. The van der Waals surface area contributed by atoms with Gasteiger partial charge >= 0.3 is 18.4 Å². The number of alkyl halides is 6. The summed E-state index contributed by atoms with van der Waals surface area (Å²) in [6.45, 7) is 1.99. The fraction of sp³-hybridized carbons (Fsp3) is 0.364. The van der Waals surface area contributed by atoms with E-state index >= 15 is 0 Å². The number of amides is 3. The minimum atomic E-state index is -5.03. The van der Waals surface area contributed by atoms with Crippen molar-refractivity contribution < 1.29 is 40.7 Å². The molecule has 3 aromatic rings. The lowest BCUT2D eigenvalue weighted by molar-refractivity contribution is -0.143. The van der Waals surface area contributed by atoms with Gasteiger partial charge < -0.3 is 19.9 Å². The molecular weight excluding hydrogens is 570 g/mol. The van der Waals surface area contributed by atoms with Crippen LogP contribution in [0.1, 0.15) is 23.7 Å². The lowest BCUT2D eigenvalue weighted by Gasteiger charge is -2.34. The fourth-order valence-corrected chi connectivity index (χ4v) is 4.17. The fourth-order valence-electron chi connectivity index (χ4n) is 3.65. The molecule has 2 N–H and O–H groups in total. The molecule has 3 heterocycles. The number of carbonyl (C=O) groups is 2. The molecule has 214 valence electrons. The minimum Gasteiger partial charge on any atom is -0.468 e. The summed E-state index contributed by atoms with van der Waals surface area (Å²) >= 11 is 0.889. The number of hydrogen-bond acceptors (Lipinski definition) is 9. The van der Waals surface area contributed by atoms with Crippen LogP contribution in [0.5, 0.6) is 5.88 Å². The number of aromatic nitrogens is 4. The maximum atomic E-state index is 13.1. The second-order valence-electron chi connectivity index (χ2n) is 8.43. The highest BCUT2D eigenvalue weighted by Gasteiger charge is 2.37. The average Bonchev–Trinajstić information content (AvgIpc) is 3.35. The quantitative estimate of drug-likeness (QED) is 0.408. The monoisotopic (exact) mass is 590 g/mol. The number of benzene rings is 1. The van der Waals surface area contributed by atoms with E-state index in [-0.39, 0.29) is 56.6 Å². The van der Waals surface area contributed by atoms with E-state index in [1.54, 1.807) is 11.0 Å². The zero-order chi connectivity index (χ0) is 29.1. The molecule has 0 bridgehead atoms. The lowest BCUT2D eigenvalue weighted by atomic mass is 10.1. The molecule has 2 aromatic heterocycles. The van der Waals surface area contributed by atoms with Gasteiger partial charge in [0.05, 0.1) is 28.5 Å². The Morgan fingerprint density at radius 3 is 2.23 bits per heavy atom. The van der Waals surface area contributed by atoms with Crippen molar-refractivity contribution in [1.82, 2.24) is 23.6 Å². The molecule has 0 aliphatic carbocycles. The number of hydrogen-bond donors (Lipinski definition) is 2. The number of nitrogens with zero attached hydrogens (tertiary/aromatic N) is 6. The van der Waals surface area contributed by atoms with E-state index in [4.69, 9.17) is 4.74 Å². The Hall–Kier alpha value is -4.22. The van der Waals surface area contributed by atoms with Crippen LogP contribution < -0.4 is 20.3 Å². The molecule has 0 spiro atoms. The molecule has 1 aliphatic heterocycles. The Labute approximate surface area is 226 Å². The molecule has 18 heteroatoms. The summed E-state index contributed by atoms with van der Waals surface area (Å²) in [5.41, 5.74) is -3.22. The predicted octanol–water partition coefficient (Wildman–Crippen LogP) is 4.26. The maximum absolute atomic E-state index is 13.1. The molecule has 0 saturated carbocycles. The van der Waals surface area contributed by atoms with Crippen molar-refractivity contribution in [2.45, 2.75) is 25.9 Å². The van der Waals surface area contributed by atoms with Crippen molar-refractivity contribution in [3.8, 4) is 5.88 Å². The summed E-state index contributed by atoms with van der Waals surface area (Å²) in [6.07, 6.45) is -8.62. The van der Waals surface area contributed by atoms with Gasteiger partial charge in [-0.15, -0.1) is 4.37 Å². The number of urea groups is 1. The van der Waals surface area contributed by atoms with Gasteiger partial charge in [0.15, 0.2) is 0 Å². The molecule has 40 heavy (non-hydrogen) atoms. The number of nitrogens with one attached hydrogen (secondary N) is 2. The van der Waals surface area contributed by atoms with Crippen molar-refractivity contribution >= 4 is 41.1 Å². The summed E-state index contributed by atoms with van der Waals surface area (Å²) in [5.74, 6) is 0.372. The number of anilines is 3. The maximum Gasteiger partial charge on any atom is 0.416 e. The largest absolute Gasteiger partial charge is 0.468 e. The first kappa shape index (κ1) is 28.8. The summed E-state index contributed by atoms with van der Waals surface area (Å²) in [7, 11) is 0. The average molecular weight is 591 g/mol. The Bertz CT molecular complexity index is 1340. The molecule has 0 unspecified atom stereocenters. The third kappa shape index (κ3) is 7.25. The van der Waals surface area contributed by atoms with Crippen LogP contribution >= 0.6 is 11.7 Å². The van der Waals surface area contributed by atoms with Gasteiger partial charge in [-0.3, -0.25) is 10.1 Å². The van der Waals surface area contributed by atoms with Gasteiger partial charge in [0.25, 0.3) is 5.88 Å². The highest BCUT2D eigenvalue weighted by atomic mass is 32.1. The van der Waals surface area contributed by atoms with Crippen LogP contribution in [-0.4, -0.2) is 61.7 Å². The highest BCUT2D eigenvalue weighted by Crippen LogP contribution is 2.37. The Kier molecular flexibility index (Phi) is 8.26. The van der Waals surface area contributed by atoms with E-state index in [1.807, 2.05) is 0 Å². The summed E-state index contributed by atoms with van der Waals surface area (Å²) in [6, 6.07) is 1.63. The van der Waals surface area contributed by atoms with E-state index in [1.165, 1.54) is 18.0 Å². The van der Waals surface area contributed by atoms with Crippen molar-refractivity contribution in [1.29, 1.82) is 0 Å². The predicted molar refractivity (Wildman–Crippen MR) is 130 cm³/mol. The summed E-state index contributed by atoms with van der Waals surface area (Å²) in [4.78, 5) is 34.9. The van der Waals surface area contributed by atoms with E-state index in [0.717, 1.165) is 11.7 Å². The van der Waals surface area contributed by atoms with Crippen LogP contribution in [0.15, 0.2) is 30.5 Å². The van der Waals surface area contributed by atoms with Crippen molar-refractivity contribution in [3.05, 3.63) is 47.3 Å². The van der Waals surface area contributed by atoms with Crippen LogP contribution in [0.3, 0.4) is 0 Å². The van der Waals surface area contributed by atoms with Crippen molar-refractivity contribution in [3.63, 3.8) is 0 Å². The van der Waals surface area contributed by atoms with Gasteiger partial charge in [-0.2, -0.15) is 30.7 Å². The first-order valence-electron chi connectivity index (χ1n) is 11.4. The van der Waals surface area contributed by atoms with Crippen LogP contribution in [-0.2, 0) is 23.8 Å². The van der Waals surface area contributed by atoms with Gasteiger partial charge in [-0.25, -0.2) is 14.8 Å². The summed E-state index contributed by atoms with van der Waals surface area (Å²) in [5, 5.41) is 4.59. The number of ether oxygens (including phenoxy) is 1. The van der Waals surface area contributed by atoms with Crippen LogP contribution in [0, 0.1) is 0 Å². The zero-order valence-corrected chi connectivity index (χ0v) is 21.3. The second kappa shape index (κ2) is 11.5. The molecule has 0 radical (unpaired) electrons. The highest BCUT2D eigenvalue weighted by molar-refractivity contribution is 6.99. The topological polar surface area (TPSA) is 125 Å². The van der Waals surface area contributed by atoms with E-state index < -0.39 is 35.2 Å². The van der Waals surface area contributed by atoms with Crippen LogP contribution in [0.4, 0.5) is 48.6 Å². The van der Waals surface area contributed by atoms with Crippen molar-refractivity contribution in [2.75, 3.05) is 41.7 Å². The third-order valence-electron chi connectivity index (χ3n) is 5.51. The molecule has 1 saturated heterocycles. The first-order valence-corrected chi connectivity index (χ1v) is 12.2. The second-order valence-corrected chi connectivity index (χ2v) is 8.96. The van der Waals surface area contributed by atoms with Crippen molar-refractivity contribution in [2.24, 2.45) is 0 Å². The van der Waals surface area contributed by atoms with Crippen LogP contribution in [0.25, 0.3) is 0 Å². The normalized spacial score (nSPS) is 14.2. The van der Waals surface area contributed by atoms with Gasteiger partial charge in [-0.1, -0.05) is 0 Å². The molecule has 3 amide bonds. The van der Waals surface area contributed by atoms with E-state index in [0.29, 0.717) is 23.6 Å². The van der Waals surface area contributed by atoms with Gasteiger partial charge in [-0.05, 0) is 24.3 Å². The number of piperazine rings is 1. The molecule has 4 rings (SSSR count). The Morgan fingerprint density at radius 2 is 1.62 bits per heavy atom. The standard InChI is InChI=1S/C22H20F6N8O3S/c1-12(37)30-19-29-3-2-15(31-19)11-39-18-17(33-40-34-18)35-4-6-36(7-5-35)20(38)32-16-9-13(21(23,24)25)8-14(10-16)22(26,27)28/h2-3,8-10H,4-7,11H2,1H3,(H,32,38)(H,29,30,31,37). The van der Waals surface area contributed by atoms with Gasteiger partial charge in [0.2, 0.25) is 17.7 Å². The lowest BCUT2D eigenvalue weighted by Crippen LogP contribution is -2.50. The first-order chi connectivity index (χ1) is 18.8. The number of rotatable bonds is 6. The zero-order valence-electron chi connectivity index (χ0n) is 20.5. The Balaban J connectivity index is 1.36.